The van der Waals surface area contributed by atoms with E-state index in [0.717, 1.165) is 12.2 Å². The molecule has 0 amide bonds. The number of ether oxygens (including phenoxy) is 1. The smallest absolute Gasteiger partial charge is 0.126 e. The van der Waals surface area contributed by atoms with E-state index in [2.05, 4.69) is 19.9 Å². The predicted octanol–water partition coefficient (Wildman–Crippen LogP) is 3.30. The third-order valence-corrected chi connectivity index (χ3v) is 1.53. The number of allylic oxidation sites excluding steroid dienone is 1. The predicted molar refractivity (Wildman–Crippen MR) is 51.2 cm³/mol. The summed E-state index contributed by atoms with van der Waals surface area (Å²) in [5, 5.41) is 0. The molecule has 64 valence electrons. The van der Waals surface area contributed by atoms with Crippen molar-refractivity contribution >= 4 is 0 Å². The monoisotopic (exact) mass is 162 g/mol. The highest BCUT2D eigenvalue weighted by Gasteiger charge is 1.88. The molecule has 0 saturated heterocycles. The molecule has 12 heavy (non-hydrogen) atoms. The summed E-state index contributed by atoms with van der Waals surface area (Å²) in [6.45, 7) is 4.13. The molecule has 0 N–H and O–H groups in total. The van der Waals surface area contributed by atoms with Crippen LogP contribution in [0.1, 0.15) is 18.9 Å². The first kappa shape index (κ1) is 8.85. The fraction of sp³-hybridized carbons (Fsp3) is 0.273. The Balaban J connectivity index is 2.57. The topological polar surface area (TPSA) is 9.23 Å². The normalized spacial score (nSPS) is 10.5. The minimum absolute atomic E-state index is 0.903. The van der Waals surface area contributed by atoms with Crippen molar-refractivity contribution < 1.29 is 4.74 Å². The lowest BCUT2D eigenvalue weighted by Gasteiger charge is -1.99. The summed E-state index contributed by atoms with van der Waals surface area (Å²) in [7, 11) is 0. The molecule has 0 heterocycles. The van der Waals surface area contributed by atoms with Gasteiger partial charge in [-0.1, -0.05) is 19.1 Å². The van der Waals surface area contributed by atoms with Crippen molar-refractivity contribution in [1.29, 1.82) is 0 Å². The molecule has 0 atom stereocenters. The van der Waals surface area contributed by atoms with Gasteiger partial charge < -0.3 is 4.74 Å². The van der Waals surface area contributed by atoms with E-state index in [1.807, 2.05) is 24.3 Å². The largest absolute Gasteiger partial charge is 0.465 e. The van der Waals surface area contributed by atoms with E-state index >= 15 is 0 Å². The number of hydrogen-bond donors (Lipinski definition) is 0. The number of benzene rings is 1. The molecule has 1 aromatic rings. The van der Waals surface area contributed by atoms with Crippen LogP contribution in [0.15, 0.2) is 36.6 Å². The Morgan fingerprint density at radius 3 is 2.92 bits per heavy atom. The van der Waals surface area contributed by atoms with Crippen LogP contribution in [0.5, 0.6) is 5.75 Å². The molecular weight excluding hydrogens is 148 g/mol. The molecule has 0 saturated carbocycles. The molecule has 0 radical (unpaired) electrons. The Bertz CT molecular complexity index is 263. The highest BCUT2D eigenvalue weighted by atomic mass is 16.5. The molecule has 0 aromatic heterocycles. The molecule has 0 aliphatic carbocycles. The third kappa shape index (κ3) is 2.79. The maximum absolute atomic E-state index is 5.35. The van der Waals surface area contributed by atoms with Gasteiger partial charge in [0.05, 0.1) is 6.26 Å². The zero-order chi connectivity index (χ0) is 8.81. The second-order valence-electron chi connectivity index (χ2n) is 2.71. The lowest BCUT2D eigenvalue weighted by atomic mass is 10.2. The van der Waals surface area contributed by atoms with Crippen LogP contribution in [0.2, 0.25) is 0 Å². The minimum Gasteiger partial charge on any atom is -0.465 e. The van der Waals surface area contributed by atoms with E-state index in [9.17, 15) is 0 Å². The zero-order valence-electron chi connectivity index (χ0n) is 7.58. The summed E-state index contributed by atoms with van der Waals surface area (Å²) in [6.07, 6.45) is 4.73. The average molecular weight is 162 g/mol. The maximum Gasteiger partial charge on any atom is 0.126 e. The highest BCUT2D eigenvalue weighted by Crippen LogP contribution is 2.12. The highest BCUT2D eigenvalue weighted by molar-refractivity contribution is 5.27. The van der Waals surface area contributed by atoms with Crippen LogP contribution in [0.4, 0.5) is 0 Å². The summed E-state index contributed by atoms with van der Waals surface area (Å²) in [5.41, 5.74) is 1.22. The second kappa shape index (κ2) is 4.60. The van der Waals surface area contributed by atoms with E-state index in [-0.39, 0.29) is 0 Å². The molecule has 1 aromatic carbocycles. The second-order valence-corrected chi connectivity index (χ2v) is 2.71. The quantitative estimate of drug-likeness (QED) is 0.619. The average Bonchev–Trinajstić information content (AvgIpc) is 2.05. The van der Waals surface area contributed by atoms with Gasteiger partial charge in [-0.25, -0.2) is 0 Å². The van der Waals surface area contributed by atoms with Crippen molar-refractivity contribution in [2.24, 2.45) is 0 Å². The summed E-state index contributed by atoms with van der Waals surface area (Å²) in [6, 6.07) is 8.01. The van der Waals surface area contributed by atoms with Crippen LogP contribution >= 0.6 is 0 Å². The van der Waals surface area contributed by atoms with Crippen molar-refractivity contribution in [2.45, 2.75) is 20.3 Å². The SMILES string of the molecule is CCC=COc1cccc(C)c1. The van der Waals surface area contributed by atoms with Gasteiger partial charge in [0, 0.05) is 0 Å². The number of hydrogen-bond acceptors (Lipinski definition) is 1. The van der Waals surface area contributed by atoms with E-state index in [0.29, 0.717) is 0 Å². The molecule has 0 bridgehead atoms. The fourth-order valence-corrected chi connectivity index (χ4v) is 0.912. The molecule has 1 heteroatoms. The Morgan fingerprint density at radius 1 is 1.42 bits per heavy atom. The Hall–Kier alpha value is -1.24. The molecular formula is C11H14O. The van der Waals surface area contributed by atoms with Crippen LogP contribution < -0.4 is 4.74 Å². The standard InChI is InChI=1S/C11H14O/c1-3-4-8-12-11-7-5-6-10(2)9-11/h4-9H,3H2,1-2H3. The number of aryl methyl sites for hydroxylation is 1. The maximum atomic E-state index is 5.35. The molecule has 1 nitrogen and oxygen atoms in total. The summed E-state index contributed by atoms with van der Waals surface area (Å²) in [5.74, 6) is 0.903. The first-order valence-electron chi connectivity index (χ1n) is 4.21. The Labute approximate surface area is 73.7 Å². The Morgan fingerprint density at radius 2 is 2.25 bits per heavy atom. The van der Waals surface area contributed by atoms with Gasteiger partial charge in [0.15, 0.2) is 0 Å². The van der Waals surface area contributed by atoms with Crippen LogP contribution in [-0.2, 0) is 0 Å². The molecule has 0 unspecified atom stereocenters. The van der Waals surface area contributed by atoms with Gasteiger partial charge in [0.1, 0.15) is 5.75 Å². The van der Waals surface area contributed by atoms with Gasteiger partial charge in [-0.15, -0.1) is 0 Å². The van der Waals surface area contributed by atoms with Crippen molar-refractivity contribution in [3.63, 3.8) is 0 Å². The van der Waals surface area contributed by atoms with Crippen LogP contribution in [0, 0.1) is 6.92 Å². The fourth-order valence-electron chi connectivity index (χ4n) is 0.912. The van der Waals surface area contributed by atoms with Gasteiger partial charge in [-0.2, -0.15) is 0 Å². The van der Waals surface area contributed by atoms with E-state index in [4.69, 9.17) is 4.74 Å². The van der Waals surface area contributed by atoms with Gasteiger partial charge in [-0.05, 0) is 37.1 Å². The van der Waals surface area contributed by atoms with Gasteiger partial charge >= 0.3 is 0 Å². The summed E-state index contributed by atoms with van der Waals surface area (Å²) in [4.78, 5) is 0. The zero-order valence-corrected chi connectivity index (χ0v) is 7.58. The Kier molecular flexibility index (Phi) is 3.39. The van der Waals surface area contributed by atoms with Gasteiger partial charge in [0.25, 0.3) is 0 Å². The van der Waals surface area contributed by atoms with Crippen LogP contribution in [-0.4, -0.2) is 0 Å². The first-order chi connectivity index (χ1) is 5.83. The first-order valence-corrected chi connectivity index (χ1v) is 4.21. The van der Waals surface area contributed by atoms with Crippen LogP contribution in [0.25, 0.3) is 0 Å². The van der Waals surface area contributed by atoms with Gasteiger partial charge in [0.2, 0.25) is 0 Å². The lowest BCUT2D eigenvalue weighted by Crippen LogP contribution is -1.81. The van der Waals surface area contributed by atoms with Crippen molar-refractivity contribution in [1.82, 2.24) is 0 Å². The lowest BCUT2D eigenvalue weighted by molar-refractivity contribution is 0.479. The molecule has 1 rings (SSSR count). The molecule has 0 aliphatic rings. The third-order valence-electron chi connectivity index (χ3n) is 1.53. The van der Waals surface area contributed by atoms with Crippen molar-refractivity contribution in [3.8, 4) is 5.75 Å². The van der Waals surface area contributed by atoms with Crippen LogP contribution in [0.3, 0.4) is 0 Å². The molecule has 0 fully saturated rings. The van der Waals surface area contributed by atoms with Gasteiger partial charge in [-0.3, -0.25) is 0 Å². The van der Waals surface area contributed by atoms with E-state index < -0.39 is 0 Å². The molecule has 0 aliphatic heterocycles. The minimum atomic E-state index is 0.903. The number of rotatable bonds is 3. The summed E-state index contributed by atoms with van der Waals surface area (Å²) < 4.78 is 5.35. The van der Waals surface area contributed by atoms with E-state index in [1.165, 1.54) is 5.56 Å². The van der Waals surface area contributed by atoms with Crippen molar-refractivity contribution in [2.75, 3.05) is 0 Å². The van der Waals surface area contributed by atoms with Crippen molar-refractivity contribution in [3.05, 3.63) is 42.2 Å². The molecule has 0 spiro atoms. The van der Waals surface area contributed by atoms with E-state index in [1.54, 1.807) is 6.26 Å². The summed E-state index contributed by atoms with van der Waals surface area (Å²) >= 11 is 0.